The summed E-state index contributed by atoms with van der Waals surface area (Å²) in [6.45, 7) is 2.99. The number of benzene rings is 3. The van der Waals surface area contributed by atoms with Crippen LogP contribution in [0.5, 0.6) is 11.5 Å². The minimum absolute atomic E-state index is 0.116. The van der Waals surface area contributed by atoms with Crippen molar-refractivity contribution in [3.05, 3.63) is 102 Å². The van der Waals surface area contributed by atoms with Gasteiger partial charge in [0.25, 0.3) is 10.0 Å². The van der Waals surface area contributed by atoms with Crippen molar-refractivity contribution in [3.63, 3.8) is 0 Å². The standard InChI is InChI=1S/C36H40F5N5O4S/c1-5-44(2)35(15-12-25-8-6-9-27(18-25)36(39,40)41)14-7-17-45(23-35)28-19-30(37)34(31(38)20-28)51(47,48)46(33-13-16-42-24-43-33)22-26-10-11-29(49-3)21-32(26)50-4/h6,8-11,13,16,18-21,24H,5,7,12,14-15,17,22-23H2,1-4H3/t35-/m0/s1. The molecule has 0 aliphatic carbocycles. The maximum absolute atomic E-state index is 16.1. The Hall–Kier alpha value is -4.50. The predicted octanol–water partition coefficient (Wildman–Crippen LogP) is 7.11. The molecular weight excluding hydrogens is 693 g/mol. The van der Waals surface area contributed by atoms with Crippen molar-refractivity contribution in [1.29, 1.82) is 0 Å². The third kappa shape index (κ3) is 8.19. The maximum Gasteiger partial charge on any atom is 0.416 e. The van der Waals surface area contributed by atoms with E-state index in [1.807, 2.05) is 14.0 Å². The number of ether oxygens (including phenoxy) is 2. The summed E-state index contributed by atoms with van der Waals surface area (Å²) in [6, 6.07) is 13.3. The third-order valence-electron chi connectivity index (χ3n) is 9.50. The van der Waals surface area contributed by atoms with Gasteiger partial charge in [0.15, 0.2) is 4.90 Å². The number of alkyl halides is 3. The van der Waals surface area contributed by atoms with E-state index in [1.54, 1.807) is 29.2 Å². The predicted molar refractivity (Wildman–Crippen MR) is 184 cm³/mol. The van der Waals surface area contributed by atoms with Crippen molar-refractivity contribution in [3.8, 4) is 11.5 Å². The lowest BCUT2D eigenvalue weighted by molar-refractivity contribution is -0.137. The van der Waals surface area contributed by atoms with Crippen LogP contribution in [0.2, 0.25) is 0 Å². The molecule has 0 unspecified atom stereocenters. The van der Waals surface area contributed by atoms with Crippen LogP contribution < -0.4 is 18.7 Å². The van der Waals surface area contributed by atoms with Gasteiger partial charge in [0.2, 0.25) is 0 Å². The Morgan fingerprint density at radius 3 is 2.37 bits per heavy atom. The summed E-state index contributed by atoms with van der Waals surface area (Å²) in [4.78, 5) is 10.7. The first-order valence-corrected chi connectivity index (χ1v) is 17.8. The molecule has 0 saturated carbocycles. The van der Waals surface area contributed by atoms with E-state index in [4.69, 9.17) is 9.47 Å². The summed E-state index contributed by atoms with van der Waals surface area (Å²) in [5.74, 6) is -1.93. The Kier molecular flexibility index (Phi) is 11.4. The number of halogens is 5. The first kappa shape index (κ1) is 37.7. The number of piperidine rings is 1. The van der Waals surface area contributed by atoms with E-state index < -0.39 is 43.8 Å². The van der Waals surface area contributed by atoms with Gasteiger partial charge in [-0.3, -0.25) is 4.90 Å². The summed E-state index contributed by atoms with van der Waals surface area (Å²) in [5.41, 5.74) is -0.168. The molecule has 274 valence electrons. The zero-order chi connectivity index (χ0) is 37.0. The highest BCUT2D eigenvalue weighted by Gasteiger charge is 2.40. The number of sulfonamides is 1. The molecule has 5 rings (SSSR count). The Morgan fingerprint density at radius 1 is 1.00 bits per heavy atom. The van der Waals surface area contributed by atoms with E-state index in [-0.39, 0.29) is 18.1 Å². The molecule has 9 nitrogen and oxygen atoms in total. The van der Waals surface area contributed by atoms with Gasteiger partial charge in [-0.05, 0) is 75.2 Å². The number of aryl methyl sites for hydroxylation is 1. The lowest BCUT2D eigenvalue weighted by Crippen LogP contribution is -2.58. The lowest BCUT2D eigenvalue weighted by Gasteiger charge is -2.49. The third-order valence-corrected chi connectivity index (χ3v) is 11.3. The Labute approximate surface area is 294 Å². The van der Waals surface area contributed by atoms with Crippen molar-refractivity contribution >= 4 is 21.5 Å². The largest absolute Gasteiger partial charge is 0.497 e. The molecule has 0 spiro atoms. The Bertz CT molecular complexity index is 1910. The summed E-state index contributed by atoms with van der Waals surface area (Å²) in [7, 11) is -0.106. The zero-order valence-electron chi connectivity index (χ0n) is 28.8. The lowest BCUT2D eigenvalue weighted by atomic mass is 9.81. The molecule has 1 aliphatic rings. The fourth-order valence-corrected chi connectivity index (χ4v) is 8.09. The Morgan fingerprint density at radius 2 is 1.75 bits per heavy atom. The number of likely N-dealkylation sites (N-methyl/N-ethyl adjacent to an activating group) is 1. The second-order valence-corrected chi connectivity index (χ2v) is 14.3. The van der Waals surface area contributed by atoms with E-state index in [0.717, 1.165) is 34.9 Å². The smallest absolute Gasteiger partial charge is 0.416 e. The molecule has 0 amide bonds. The molecule has 3 aromatic carbocycles. The highest BCUT2D eigenvalue weighted by atomic mass is 32.2. The van der Waals surface area contributed by atoms with Crippen molar-refractivity contribution in [2.75, 3.05) is 50.1 Å². The molecule has 15 heteroatoms. The van der Waals surface area contributed by atoms with E-state index in [2.05, 4.69) is 14.9 Å². The number of rotatable bonds is 13. The topological polar surface area (TPSA) is 88.1 Å². The van der Waals surface area contributed by atoms with Crippen molar-refractivity contribution in [1.82, 2.24) is 14.9 Å². The van der Waals surface area contributed by atoms with Gasteiger partial charge in [-0.15, -0.1) is 0 Å². The van der Waals surface area contributed by atoms with E-state index in [0.29, 0.717) is 67.9 Å². The highest BCUT2D eigenvalue weighted by Crippen LogP contribution is 2.38. The molecule has 1 atom stereocenters. The molecule has 1 saturated heterocycles. The van der Waals surface area contributed by atoms with Crippen LogP contribution in [0.15, 0.2) is 78.1 Å². The van der Waals surface area contributed by atoms with Gasteiger partial charge in [0.1, 0.15) is 35.3 Å². The molecule has 0 N–H and O–H groups in total. The van der Waals surface area contributed by atoms with Gasteiger partial charge >= 0.3 is 6.18 Å². The van der Waals surface area contributed by atoms with Gasteiger partial charge in [0.05, 0.1) is 26.3 Å². The second kappa shape index (κ2) is 15.4. The zero-order valence-corrected chi connectivity index (χ0v) is 29.6. The molecule has 1 aliphatic heterocycles. The van der Waals surface area contributed by atoms with E-state index in [9.17, 15) is 21.6 Å². The summed E-state index contributed by atoms with van der Waals surface area (Å²) >= 11 is 0. The fraction of sp³-hybridized carbons (Fsp3) is 0.389. The number of methoxy groups -OCH3 is 2. The molecule has 1 aromatic heterocycles. The summed E-state index contributed by atoms with van der Waals surface area (Å²) < 4.78 is 112. The number of anilines is 2. The molecule has 51 heavy (non-hydrogen) atoms. The van der Waals surface area contributed by atoms with Crippen LogP contribution >= 0.6 is 0 Å². The van der Waals surface area contributed by atoms with Crippen LogP contribution in [0, 0.1) is 11.6 Å². The highest BCUT2D eigenvalue weighted by molar-refractivity contribution is 7.92. The van der Waals surface area contributed by atoms with Crippen molar-refractivity contribution in [2.45, 2.75) is 55.8 Å². The fourth-order valence-electron chi connectivity index (χ4n) is 6.60. The van der Waals surface area contributed by atoms with Gasteiger partial charge in [-0.25, -0.2) is 31.5 Å². The van der Waals surface area contributed by atoms with E-state index in [1.165, 1.54) is 32.5 Å². The quantitative estimate of drug-likeness (QED) is 0.135. The van der Waals surface area contributed by atoms with Gasteiger partial charge in [-0.2, -0.15) is 13.2 Å². The summed E-state index contributed by atoms with van der Waals surface area (Å²) in [6.07, 6.45) is 0.192. The molecule has 2 heterocycles. The SMILES string of the molecule is CCN(C)[C@]1(CCc2cccc(C(F)(F)F)c2)CCCN(c2cc(F)c(S(=O)(=O)N(Cc3ccc(OC)cc3OC)c3ccncn3)c(F)c2)C1. The minimum Gasteiger partial charge on any atom is -0.497 e. The first-order valence-electron chi connectivity index (χ1n) is 16.3. The number of hydrogen-bond acceptors (Lipinski definition) is 8. The minimum atomic E-state index is -4.90. The van der Waals surface area contributed by atoms with Gasteiger partial charge in [-0.1, -0.05) is 25.1 Å². The average Bonchev–Trinajstić information content (AvgIpc) is 3.12. The number of nitrogens with zero attached hydrogens (tertiary/aromatic N) is 5. The molecular formula is C36H40F5N5O4S. The van der Waals surface area contributed by atoms with Crippen LogP contribution in [0.1, 0.15) is 42.9 Å². The Balaban J connectivity index is 1.46. The molecule has 4 aromatic rings. The van der Waals surface area contributed by atoms with Crippen LogP contribution in [-0.2, 0) is 29.2 Å². The van der Waals surface area contributed by atoms with Crippen LogP contribution in [-0.4, -0.2) is 69.7 Å². The van der Waals surface area contributed by atoms with E-state index >= 15 is 8.78 Å². The van der Waals surface area contributed by atoms with Crippen LogP contribution in [0.4, 0.5) is 33.5 Å². The molecule has 1 fully saturated rings. The summed E-state index contributed by atoms with van der Waals surface area (Å²) in [5, 5.41) is 0. The maximum atomic E-state index is 16.1. The van der Waals surface area contributed by atoms with Crippen LogP contribution in [0.3, 0.4) is 0 Å². The van der Waals surface area contributed by atoms with Gasteiger partial charge < -0.3 is 14.4 Å². The first-order chi connectivity index (χ1) is 24.2. The molecule has 0 bridgehead atoms. The molecule has 0 radical (unpaired) electrons. The monoisotopic (exact) mass is 733 g/mol. The van der Waals surface area contributed by atoms with Crippen molar-refractivity contribution < 1.29 is 39.8 Å². The van der Waals surface area contributed by atoms with Gasteiger partial charge in [0, 0.05) is 48.2 Å². The normalized spacial score (nSPS) is 16.7. The average molecular weight is 734 g/mol. The number of aromatic nitrogens is 2. The number of hydrogen-bond donors (Lipinski definition) is 0. The van der Waals surface area contributed by atoms with Crippen molar-refractivity contribution in [2.24, 2.45) is 0 Å². The van der Waals surface area contributed by atoms with Crippen LogP contribution in [0.25, 0.3) is 0 Å². The second-order valence-electron chi connectivity index (χ2n) is 12.5.